The van der Waals surface area contributed by atoms with E-state index < -0.39 is 5.97 Å². The highest BCUT2D eigenvalue weighted by molar-refractivity contribution is 5.97. The molecule has 7 heteroatoms. The van der Waals surface area contributed by atoms with E-state index in [-0.39, 0.29) is 24.0 Å². The van der Waals surface area contributed by atoms with Gasteiger partial charge >= 0.3 is 5.97 Å². The number of nitrogens with zero attached hydrogens (tertiary/aromatic N) is 3. The molecule has 2 N–H and O–H groups in total. The highest BCUT2D eigenvalue weighted by atomic mass is 16.4. The molecule has 2 atom stereocenters. The summed E-state index contributed by atoms with van der Waals surface area (Å²) in [7, 11) is 2.12. The fraction of sp³-hybridized carbons (Fsp3) is 0.619. The molecule has 1 aromatic rings. The lowest BCUT2D eigenvalue weighted by Gasteiger charge is -2.46. The molecule has 0 unspecified atom stereocenters. The normalized spacial score (nSPS) is 24.3. The molecule has 0 radical (unpaired) electrons. The average Bonchev–Trinajstić information content (AvgIpc) is 2.68. The van der Waals surface area contributed by atoms with Gasteiger partial charge in [-0.25, -0.2) is 0 Å². The average molecular weight is 389 g/mol. The molecule has 2 fully saturated rings. The van der Waals surface area contributed by atoms with Gasteiger partial charge < -0.3 is 20.0 Å². The summed E-state index contributed by atoms with van der Waals surface area (Å²) < 4.78 is 0. The van der Waals surface area contributed by atoms with E-state index >= 15 is 0 Å². The summed E-state index contributed by atoms with van der Waals surface area (Å²) in [6.45, 7) is 6.95. The van der Waals surface area contributed by atoms with E-state index in [1.54, 1.807) is 30.0 Å². The van der Waals surface area contributed by atoms with Crippen molar-refractivity contribution in [1.82, 2.24) is 14.7 Å². The van der Waals surface area contributed by atoms with Gasteiger partial charge in [0.1, 0.15) is 5.75 Å². The predicted molar refractivity (Wildman–Crippen MR) is 107 cm³/mol. The summed E-state index contributed by atoms with van der Waals surface area (Å²) in [4.78, 5) is 30.7. The van der Waals surface area contributed by atoms with Crippen molar-refractivity contribution in [1.29, 1.82) is 0 Å². The number of aliphatic carboxylic acids is 1. The van der Waals surface area contributed by atoms with Crippen molar-refractivity contribution in [3.8, 4) is 5.75 Å². The summed E-state index contributed by atoms with van der Waals surface area (Å²) in [5.41, 5.74) is 1.01. The van der Waals surface area contributed by atoms with E-state index in [1.165, 1.54) is 0 Å². The molecule has 154 valence electrons. The largest absolute Gasteiger partial charge is 0.507 e. The lowest BCUT2D eigenvalue weighted by molar-refractivity contribution is -0.137. The molecule has 0 bridgehead atoms. The van der Waals surface area contributed by atoms with E-state index in [2.05, 4.69) is 16.8 Å². The van der Waals surface area contributed by atoms with Gasteiger partial charge in [-0.15, -0.1) is 0 Å². The Labute approximate surface area is 166 Å². The number of likely N-dealkylation sites (tertiary alicyclic amines) is 1. The van der Waals surface area contributed by atoms with Crippen molar-refractivity contribution in [2.75, 3.05) is 46.3 Å². The number of amides is 1. The summed E-state index contributed by atoms with van der Waals surface area (Å²) in [6, 6.07) is 5.52. The second kappa shape index (κ2) is 8.92. The van der Waals surface area contributed by atoms with Crippen molar-refractivity contribution in [3.63, 3.8) is 0 Å². The Morgan fingerprint density at radius 2 is 1.86 bits per heavy atom. The van der Waals surface area contributed by atoms with Crippen LogP contribution >= 0.6 is 0 Å². The van der Waals surface area contributed by atoms with Crippen LogP contribution in [0.5, 0.6) is 5.75 Å². The van der Waals surface area contributed by atoms with E-state index in [9.17, 15) is 14.7 Å². The van der Waals surface area contributed by atoms with Crippen LogP contribution in [0.3, 0.4) is 0 Å². The fourth-order valence-corrected chi connectivity index (χ4v) is 4.43. The summed E-state index contributed by atoms with van der Waals surface area (Å²) >= 11 is 0. The van der Waals surface area contributed by atoms with Gasteiger partial charge in [-0.3, -0.25) is 14.5 Å². The monoisotopic (exact) mass is 389 g/mol. The van der Waals surface area contributed by atoms with Crippen LogP contribution in [0.25, 0.3) is 0 Å². The highest BCUT2D eigenvalue weighted by Crippen LogP contribution is 2.30. The van der Waals surface area contributed by atoms with Crippen molar-refractivity contribution in [2.45, 2.75) is 32.2 Å². The van der Waals surface area contributed by atoms with Crippen LogP contribution in [-0.2, 0) is 4.79 Å². The quantitative estimate of drug-likeness (QED) is 0.797. The first-order valence-electron chi connectivity index (χ1n) is 10.1. The maximum absolute atomic E-state index is 13.0. The van der Waals surface area contributed by atoms with Gasteiger partial charge in [-0.2, -0.15) is 0 Å². The Kier molecular flexibility index (Phi) is 6.57. The number of aryl methyl sites for hydroxylation is 1. The number of piperidine rings is 1. The number of aromatic hydroxyl groups is 1. The Morgan fingerprint density at radius 1 is 1.14 bits per heavy atom. The SMILES string of the molecule is Cc1cccc(C(=O)N2CC[C@@H](N3CCN(C)CC3)[C@@H](CCC(=O)O)C2)c1O. The molecule has 2 heterocycles. The van der Waals surface area contributed by atoms with E-state index in [1.807, 2.05) is 0 Å². The van der Waals surface area contributed by atoms with Crippen LogP contribution < -0.4 is 0 Å². The first-order chi connectivity index (χ1) is 13.4. The molecule has 1 aromatic carbocycles. The van der Waals surface area contributed by atoms with Gasteiger partial charge in [-0.05, 0) is 44.4 Å². The van der Waals surface area contributed by atoms with Gasteiger partial charge in [0.15, 0.2) is 0 Å². The Morgan fingerprint density at radius 3 is 2.54 bits per heavy atom. The molecule has 0 saturated carbocycles. The number of hydrogen-bond donors (Lipinski definition) is 2. The van der Waals surface area contributed by atoms with E-state index in [0.717, 1.165) is 32.6 Å². The van der Waals surface area contributed by atoms with Gasteiger partial charge in [0.25, 0.3) is 5.91 Å². The number of phenols is 1. The third kappa shape index (κ3) is 4.64. The minimum Gasteiger partial charge on any atom is -0.507 e. The third-order valence-corrected chi connectivity index (χ3v) is 6.19. The van der Waals surface area contributed by atoms with Crippen LogP contribution in [0.15, 0.2) is 18.2 Å². The Bertz CT molecular complexity index is 716. The number of carboxylic acids is 1. The van der Waals surface area contributed by atoms with Crippen LogP contribution in [0.2, 0.25) is 0 Å². The lowest BCUT2D eigenvalue weighted by atomic mass is 9.86. The number of benzene rings is 1. The van der Waals surface area contributed by atoms with Gasteiger partial charge in [0.05, 0.1) is 5.56 Å². The van der Waals surface area contributed by atoms with E-state index in [0.29, 0.717) is 36.7 Å². The lowest BCUT2D eigenvalue weighted by Crippen LogP contribution is -2.57. The maximum atomic E-state index is 13.0. The van der Waals surface area contributed by atoms with Crippen LogP contribution in [0.1, 0.15) is 35.2 Å². The number of rotatable bonds is 5. The number of piperazine rings is 1. The van der Waals surface area contributed by atoms with Crippen molar-refractivity contribution in [2.24, 2.45) is 5.92 Å². The molecule has 7 nitrogen and oxygen atoms in total. The second-order valence-electron chi connectivity index (χ2n) is 8.11. The number of carbonyl (C=O) groups is 2. The van der Waals surface area contributed by atoms with Crippen LogP contribution in [0, 0.1) is 12.8 Å². The highest BCUT2D eigenvalue weighted by Gasteiger charge is 2.36. The Hall–Kier alpha value is -2.12. The third-order valence-electron chi connectivity index (χ3n) is 6.19. The zero-order chi connectivity index (χ0) is 20.3. The molecule has 28 heavy (non-hydrogen) atoms. The summed E-state index contributed by atoms with van der Waals surface area (Å²) in [6.07, 6.45) is 1.52. The fourth-order valence-electron chi connectivity index (χ4n) is 4.43. The molecule has 1 amide bonds. The summed E-state index contributed by atoms with van der Waals surface area (Å²) in [5, 5.41) is 19.4. The second-order valence-corrected chi connectivity index (χ2v) is 8.11. The Balaban J connectivity index is 1.73. The number of carboxylic acid groups (broad SMARTS) is 1. The minimum absolute atomic E-state index is 0.0378. The first-order valence-corrected chi connectivity index (χ1v) is 10.1. The number of likely N-dealkylation sites (N-methyl/N-ethyl adjacent to an activating group) is 1. The molecule has 0 aromatic heterocycles. The van der Waals surface area contributed by atoms with Crippen molar-refractivity contribution < 1.29 is 19.8 Å². The standard InChI is InChI=1S/C21H31N3O4/c1-15-4-3-5-17(20(15)27)21(28)24-9-8-18(16(14-24)6-7-19(25)26)23-12-10-22(2)11-13-23/h3-5,16,18,27H,6-14H2,1-2H3,(H,25,26)/t16-,18+/m0/s1. The maximum Gasteiger partial charge on any atom is 0.303 e. The van der Waals surface area contributed by atoms with Gasteiger partial charge in [0, 0.05) is 51.7 Å². The topological polar surface area (TPSA) is 84.3 Å². The molecule has 3 rings (SSSR count). The van der Waals surface area contributed by atoms with Crippen molar-refractivity contribution in [3.05, 3.63) is 29.3 Å². The molecular weight excluding hydrogens is 358 g/mol. The summed E-state index contributed by atoms with van der Waals surface area (Å²) in [5.74, 6) is -0.796. The predicted octanol–water partition coefficient (Wildman–Crippen LogP) is 1.64. The zero-order valence-electron chi connectivity index (χ0n) is 16.8. The first kappa shape index (κ1) is 20.6. The smallest absolute Gasteiger partial charge is 0.303 e. The van der Waals surface area contributed by atoms with Crippen LogP contribution in [-0.4, -0.2) is 89.1 Å². The molecular formula is C21H31N3O4. The number of para-hydroxylation sites is 1. The van der Waals surface area contributed by atoms with Gasteiger partial charge in [0.2, 0.25) is 0 Å². The zero-order valence-corrected chi connectivity index (χ0v) is 16.8. The van der Waals surface area contributed by atoms with Crippen molar-refractivity contribution >= 4 is 11.9 Å². The van der Waals surface area contributed by atoms with E-state index in [4.69, 9.17) is 5.11 Å². The van der Waals surface area contributed by atoms with Gasteiger partial charge in [-0.1, -0.05) is 12.1 Å². The molecule has 2 aliphatic heterocycles. The molecule has 0 spiro atoms. The number of carbonyl (C=O) groups excluding carboxylic acids is 1. The molecule has 2 aliphatic rings. The minimum atomic E-state index is -0.795. The number of phenolic OH excluding ortho intramolecular Hbond substituents is 1. The molecule has 0 aliphatic carbocycles. The molecule has 2 saturated heterocycles. The van der Waals surface area contributed by atoms with Crippen LogP contribution in [0.4, 0.5) is 0 Å². The number of hydrogen-bond acceptors (Lipinski definition) is 5.